The molecule has 0 N–H and O–H groups in total. The number of carbonyl (C=O) groups is 1. The first-order chi connectivity index (χ1) is 10.7. The van der Waals surface area contributed by atoms with Gasteiger partial charge in [-0.05, 0) is 24.3 Å². The van der Waals surface area contributed by atoms with Crippen molar-refractivity contribution < 1.29 is 14.1 Å². The largest absolute Gasteiger partial charge is 0.465 e. The summed E-state index contributed by atoms with van der Waals surface area (Å²) in [5.41, 5.74) is 1.62. The lowest BCUT2D eigenvalue weighted by Gasteiger charge is -2.02. The molecule has 0 atom stereocenters. The predicted octanol–water partition coefficient (Wildman–Crippen LogP) is 3.84. The molecule has 5 nitrogen and oxygen atoms in total. The van der Waals surface area contributed by atoms with Crippen LogP contribution in [0.1, 0.15) is 10.4 Å². The summed E-state index contributed by atoms with van der Waals surface area (Å²) < 4.78 is 10.0. The Morgan fingerprint density at radius 3 is 2.77 bits per heavy atom. The molecule has 0 aliphatic heterocycles. The summed E-state index contributed by atoms with van der Waals surface area (Å²) in [5, 5.41) is 4.52. The van der Waals surface area contributed by atoms with Gasteiger partial charge in [0.2, 0.25) is 5.82 Å². The number of aromatic nitrogens is 2. The van der Waals surface area contributed by atoms with Crippen LogP contribution in [-0.2, 0) is 4.74 Å². The molecule has 0 bridgehead atoms. The Balaban J connectivity index is 2.03. The average molecular weight is 315 g/mol. The van der Waals surface area contributed by atoms with Crippen molar-refractivity contribution in [3.05, 3.63) is 59.1 Å². The number of esters is 1. The van der Waals surface area contributed by atoms with Gasteiger partial charge in [0.15, 0.2) is 0 Å². The van der Waals surface area contributed by atoms with Crippen LogP contribution in [0.5, 0.6) is 0 Å². The van der Waals surface area contributed by atoms with Crippen LogP contribution in [0.4, 0.5) is 0 Å². The van der Waals surface area contributed by atoms with Crippen LogP contribution < -0.4 is 0 Å². The number of methoxy groups -OCH3 is 1. The van der Waals surface area contributed by atoms with Crippen molar-refractivity contribution in [1.82, 2.24) is 10.1 Å². The second-order valence-corrected chi connectivity index (χ2v) is 4.91. The highest BCUT2D eigenvalue weighted by Gasteiger charge is 2.18. The van der Waals surface area contributed by atoms with E-state index in [0.717, 1.165) is 5.56 Å². The quantitative estimate of drug-likeness (QED) is 0.687. The van der Waals surface area contributed by atoms with E-state index < -0.39 is 5.97 Å². The fourth-order valence-electron chi connectivity index (χ4n) is 2.04. The minimum absolute atomic E-state index is 0.246. The van der Waals surface area contributed by atoms with Crippen LogP contribution in [-0.4, -0.2) is 23.2 Å². The zero-order chi connectivity index (χ0) is 15.5. The van der Waals surface area contributed by atoms with Crippen molar-refractivity contribution in [3.63, 3.8) is 0 Å². The molecule has 0 spiro atoms. The van der Waals surface area contributed by atoms with E-state index in [1.807, 2.05) is 6.07 Å². The lowest BCUT2D eigenvalue weighted by Crippen LogP contribution is -2.03. The van der Waals surface area contributed by atoms with E-state index in [9.17, 15) is 4.79 Å². The van der Waals surface area contributed by atoms with Gasteiger partial charge in [-0.1, -0.05) is 41.0 Å². The Morgan fingerprint density at radius 1 is 1.18 bits per heavy atom. The molecule has 0 unspecified atom stereocenters. The van der Waals surface area contributed by atoms with Crippen molar-refractivity contribution in [2.75, 3.05) is 7.11 Å². The number of benzene rings is 2. The fourth-order valence-corrected chi connectivity index (χ4v) is 2.23. The average Bonchev–Trinajstić information content (AvgIpc) is 3.04. The van der Waals surface area contributed by atoms with E-state index in [1.54, 1.807) is 42.5 Å². The topological polar surface area (TPSA) is 65.2 Å². The van der Waals surface area contributed by atoms with Crippen LogP contribution in [0.2, 0.25) is 5.02 Å². The van der Waals surface area contributed by atoms with Crippen molar-refractivity contribution in [1.29, 1.82) is 0 Å². The van der Waals surface area contributed by atoms with Crippen molar-refractivity contribution in [2.45, 2.75) is 0 Å². The van der Waals surface area contributed by atoms with Gasteiger partial charge in [-0.25, -0.2) is 4.79 Å². The van der Waals surface area contributed by atoms with E-state index in [0.29, 0.717) is 22.0 Å². The molecule has 0 saturated heterocycles. The van der Waals surface area contributed by atoms with E-state index >= 15 is 0 Å². The molecule has 110 valence electrons. The number of carbonyl (C=O) groups excluding carboxylic acids is 1. The summed E-state index contributed by atoms with van der Waals surface area (Å²) >= 11 is 5.96. The SMILES string of the molecule is COC(=O)c1ccccc1-c1nc(-c2cccc(Cl)c2)no1. The van der Waals surface area contributed by atoms with Crippen molar-refractivity contribution >= 4 is 17.6 Å². The van der Waals surface area contributed by atoms with Crippen LogP contribution in [0.15, 0.2) is 53.1 Å². The molecule has 0 aliphatic carbocycles. The first-order valence-electron chi connectivity index (χ1n) is 6.46. The Morgan fingerprint density at radius 2 is 2.00 bits per heavy atom. The fraction of sp³-hybridized carbons (Fsp3) is 0.0625. The zero-order valence-electron chi connectivity index (χ0n) is 11.6. The minimum Gasteiger partial charge on any atom is -0.465 e. The molecule has 1 heterocycles. The summed E-state index contributed by atoms with van der Waals surface area (Å²) in [6.07, 6.45) is 0. The highest BCUT2D eigenvalue weighted by Crippen LogP contribution is 2.26. The second kappa shape index (κ2) is 5.99. The standard InChI is InChI=1S/C16H11ClN2O3/c1-21-16(20)13-8-3-2-7-12(13)15-18-14(19-22-15)10-5-4-6-11(17)9-10/h2-9H,1H3. The molecule has 0 radical (unpaired) electrons. The maximum Gasteiger partial charge on any atom is 0.338 e. The number of ether oxygens (including phenoxy) is 1. The number of hydrogen-bond donors (Lipinski definition) is 0. The monoisotopic (exact) mass is 314 g/mol. The Bertz CT molecular complexity index is 830. The third kappa shape index (κ3) is 2.71. The van der Waals surface area contributed by atoms with Gasteiger partial charge in [-0.2, -0.15) is 4.98 Å². The normalized spacial score (nSPS) is 10.5. The molecule has 0 amide bonds. The van der Waals surface area contributed by atoms with Crippen LogP contribution in [0.3, 0.4) is 0 Å². The summed E-state index contributed by atoms with van der Waals surface area (Å²) in [5.74, 6) is 0.186. The van der Waals surface area contributed by atoms with Crippen molar-refractivity contribution in [3.8, 4) is 22.8 Å². The molecule has 0 fully saturated rings. The second-order valence-electron chi connectivity index (χ2n) is 4.47. The van der Waals surface area contributed by atoms with Gasteiger partial charge in [-0.15, -0.1) is 0 Å². The minimum atomic E-state index is -0.460. The first-order valence-corrected chi connectivity index (χ1v) is 6.84. The summed E-state index contributed by atoms with van der Waals surface area (Å²) in [6.45, 7) is 0. The van der Waals surface area contributed by atoms with Crippen molar-refractivity contribution in [2.24, 2.45) is 0 Å². The maximum atomic E-state index is 11.8. The molecule has 6 heteroatoms. The van der Waals surface area contributed by atoms with Crippen LogP contribution >= 0.6 is 11.6 Å². The van der Waals surface area contributed by atoms with Gasteiger partial charge in [0.05, 0.1) is 18.2 Å². The third-order valence-corrected chi connectivity index (χ3v) is 3.31. The highest BCUT2D eigenvalue weighted by atomic mass is 35.5. The molecule has 22 heavy (non-hydrogen) atoms. The van der Waals surface area contributed by atoms with Crippen LogP contribution in [0, 0.1) is 0 Å². The third-order valence-electron chi connectivity index (χ3n) is 3.07. The molecular weight excluding hydrogens is 304 g/mol. The summed E-state index contributed by atoms with van der Waals surface area (Å²) in [7, 11) is 1.32. The lowest BCUT2D eigenvalue weighted by atomic mass is 10.1. The molecular formula is C16H11ClN2O3. The molecule has 3 rings (SSSR count). The number of rotatable bonds is 3. The zero-order valence-corrected chi connectivity index (χ0v) is 12.4. The first kappa shape index (κ1) is 14.3. The number of halogens is 1. The molecule has 2 aromatic carbocycles. The van der Waals surface area contributed by atoms with E-state index in [-0.39, 0.29) is 5.89 Å². The van der Waals surface area contributed by atoms with Gasteiger partial charge in [0, 0.05) is 10.6 Å². The summed E-state index contributed by atoms with van der Waals surface area (Å²) in [6, 6.07) is 14.0. The highest BCUT2D eigenvalue weighted by molar-refractivity contribution is 6.30. The predicted molar refractivity (Wildman–Crippen MR) is 81.5 cm³/mol. The van der Waals surface area contributed by atoms with Gasteiger partial charge in [0.1, 0.15) is 0 Å². The molecule has 0 saturated carbocycles. The number of nitrogens with zero attached hydrogens (tertiary/aromatic N) is 2. The molecule has 1 aromatic heterocycles. The van der Waals surface area contributed by atoms with E-state index in [4.69, 9.17) is 20.9 Å². The molecule has 3 aromatic rings. The van der Waals surface area contributed by atoms with Gasteiger partial charge in [-0.3, -0.25) is 0 Å². The summed E-state index contributed by atoms with van der Waals surface area (Å²) in [4.78, 5) is 16.1. The van der Waals surface area contributed by atoms with Crippen LogP contribution in [0.25, 0.3) is 22.8 Å². The lowest BCUT2D eigenvalue weighted by molar-refractivity contribution is 0.0601. The maximum absolute atomic E-state index is 11.8. The van der Waals surface area contributed by atoms with E-state index in [2.05, 4.69) is 10.1 Å². The number of hydrogen-bond acceptors (Lipinski definition) is 5. The molecule has 0 aliphatic rings. The Hall–Kier alpha value is -2.66. The Labute approximate surface area is 131 Å². The smallest absolute Gasteiger partial charge is 0.338 e. The van der Waals surface area contributed by atoms with Gasteiger partial charge >= 0.3 is 5.97 Å². The van der Waals surface area contributed by atoms with Gasteiger partial charge < -0.3 is 9.26 Å². The Kier molecular flexibility index (Phi) is 3.89. The van der Waals surface area contributed by atoms with E-state index in [1.165, 1.54) is 7.11 Å². The van der Waals surface area contributed by atoms with Gasteiger partial charge in [0.25, 0.3) is 5.89 Å².